The minimum Gasteiger partial charge on any atom is -0.497 e. The summed E-state index contributed by atoms with van der Waals surface area (Å²) in [5, 5.41) is 17.6. The molecule has 0 saturated carbocycles. The maximum absolute atomic E-state index is 9.02. The van der Waals surface area contributed by atoms with Gasteiger partial charge in [0, 0.05) is 0 Å². The normalized spacial score (nSPS) is 12.2. The highest BCUT2D eigenvalue weighted by Gasteiger charge is 2.02. The molecular formula is C10H14O4. The molecular weight excluding hydrogens is 184 g/mol. The number of hydrogen-bond acceptors (Lipinski definition) is 4. The van der Waals surface area contributed by atoms with E-state index in [4.69, 9.17) is 19.7 Å². The summed E-state index contributed by atoms with van der Waals surface area (Å²) >= 11 is 0. The van der Waals surface area contributed by atoms with Crippen LogP contribution in [-0.4, -0.2) is 36.6 Å². The average Bonchev–Trinajstić information content (AvgIpc) is 2.26. The lowest BCUT2D eigenvalue weighted by molar-refractivity contribution is 0.0536. The number of benzene rings is 1. The van der Waals surface area contributed by atoms with Gasteiger partial charge >= 0.3 is 0 Å². The molecule has 0 saturated heterocycles. The molecule has 14 heavy (non-hydrogen) atoms. The van der Waals surface area contributed by atoms with Gasteiger partial charge in [-0.15, -0.1) is 0 Å². The highest BCUT2D eigenvalue weighted by atomic mass is 16.5. The lowest BCUT2D eigenvalue weighted by Crippen LogP contribution is -2.21. The lowest BCUT2D eigenvalue weighted by atomic mass is 10.3. The van der Waals surface area contributed by atoms with Crippen LogP contribution < -0.4 is 9.47 Å². The van der Waals surface area contributed by atoms with Crippen LogP contribution in [0.25, 0.3) is 0 Å². The standard InChI is InChI=1S/C10H14O4/c1-13-9-2-4-10(5-3-9)14-7-8(12)6-11/h2-5,8,11-12H,6-7H2,1H3. The van der Waals surface area contributed by atoms with Gasteiger partial charge in [-0.25, -0.2) is 0 Å². The smallest absolute Gasteiger partial charge is 0.119 e. The number of rotatable bonds is 5. The summed E-state index contributed by atoms with van der Waals surface area (Å²) in [6.45, 7) is -0.209. The first-order chi connectivity index (χ1) is 6.76. The second-order valence-corrected chi connectivity index (χ2v) is 2.82. The van der Waals surface area contributed by atoms with Gasteiger partial charge in [-0.1, -0.05) is 0 Å². The van der Waals surface area contributed by atoms with E-state index in [2.05, 4.69) is 0 Å². The number of aliphatic hydroxyl groups is 2. The van der Waals surface area contributed by atoms with Gasteiger partial charge < -0.3 is 19.7 Å². The van der Waals surface area contributed by atoms with Crippen LogP contribution in [0.5, 0.6) is 11.5 Å². The zero-order valence-electron chi connectivity index (χ0n) is 8.01. The zero-order chi connectivity index (χ0) is 10.4. The van der Waals surface area contributed by atoms with Crippen LogP contribution in [0, 0.1) is 0 Å². The minimum absolute atomic E-state index is 0.0861. The van der Waals surface area contributed by atoms with Crippen molar-refractivity contribution in [2.24, 2.45) is 0 Å². The Morgan fingerprint density at radius 1 is 1.21 bits per heavy atom. The molecule has 0 spiro atoms. The van der Waals surface area contributed by atoms with E-state index in [1.165, 1.54) is 0 Å². The predicted octanol–water partition coefficient (Wildman–Crippen LogP) is 0.427. The fourth-order valence-electron chi connectivity index (χ4n) is 0.917. The largest absolute Gasteiger partial charge is 0.497 e. The van der Waals surface area contributed by atoms with E-state index in [1.54, 1.807) is 31.4 Å². The summed E-state index contributed by atoms with van der Waals surface area (Å²) in [5.74, 6) is 1.39. The van der Waals surface area contributed by atoms with E-state index in [9.17, 15) is 0 Å². The molecule has 0 aromatic heterocycles. The van der Waals surface area contributed by atoms with Crippen molar-refractivity contribution in [3.8, 4) is 11.5 Å². The molecule has 2 N–H and O–H groups in total. The zero-order valence-corrected chi connectivity index (χ0v) is 8.01. The van der Waals surface area contributed by atoms with Crippen molar-refractivity contribution in [2.75, 3.05) is 20.3 Å². The molecule has 4 nitrogen and oxygen atoms in total. The van der Waals surface area contributed by atoms with Gasteiger partial charge in [-0.05, 0) is 24.3 Å². The van der Waals surface area contributed by atoms with Crippen molar-refractivity contribution in [2.45, 2.75) is 6.10 Å². The Kier molecular flexibility index (Phi) is 4.22. The van der Waals surface area contributed by atoms with E-state index in [0.29, 0.717) is 5.75 Å². The van der Waals surface area contributed by atoms with E-state index in [-0.39, 0.29) is 13.2 Å². The first kappa shape index (κ1) is 10.8. The molecule has 0 aliphatic heterocycles. The van der Waals surface area contributed by atoms with Crippen molar-refractivity contribution in [3.05, 3.63) is 24.3 Å². The molecule has 1 unspecified atom stereocenters. The fourth-order valence-corrected chi connectivity index (χ4v) is 0.917. The third-order valence-electron chi connectivity index (χ3n) is 1.71. The van der Waals surface area contributed by atoms with Crippen molar-refractivity contribution in [3.63, 3.8) is 0 Å². The van der Waals surface area contributed by atoms with E-state index in [1.807, 2.05) is 0 Å². The van der Waals surface area contributed by atoms with Crippen LogP contribution in [0.15, 0.2) is 24.3 Å². The topological polar surface area (TPSA) is 58.9 Å². The molecule has 0 aliphatic carbocycles. The van der Waals surface area contributed by atoms with Gasteiger partial charge in [0.1, 0.15) is 24.2 Å². The number of aliphatic hydroxyl groups excluding tert-OH is 2. The SMILES string of the molecule is COc1ccc(OCC(O)CO)cc1. The Balaban J connectivity index is 2.43. The summed E-state index contributed by atoms with van der Waals surface area (Å²) in [7, 11) is 1.59. The molecule has 0 aliphatic rings. The van der Waals surface area contributed by atoms with E-state index >= 15 is 0 Å². The Labute approximate surface area is 82.7 Å². The molecule has 0 amide bonds. The molecule has 4 heteroatoms. The second kappa shape index (κ2) is 5.47. The molecule has 1 aromatic carbocycles. The Morgan fingerprint density at radius 3 is 2.29 bits per heavy atom. The minimum atomic E-state index is -0.836. The first-order valence-electron chi connectivity index (χ1n) is 4.32. The van der Waals surface area contributed by atoms with E-state index in [0.717, 1.165) is 5.75 Å². The second-order valence-electron chi connectivity index (χ2n) is 2.82. The van der Waals surface area contributed by atoms with Gasteiger partial charge in [-0.2, -0.15) is 0 Å². The van der Waals surface area contributed by atoms with Gasteiger partial charge in [0.15, 0.2) is 0 Å². The highest BCUT2D eigenvalue weighted by molar-refractivity contribution is 5.31. The summed E-state index contributed by atoms with van der Waals surface area (Å²) in [6.07, 6.45) is -0.836. The van der Waals surface area contributed by atoms with Crippen LogP contribution in [-0.2, 0) is 0 Å². The van der Waals surface area contributed by atoms with Crippen molar-refractivity contribution in [1.29, 1.82) is 0 Å². The Morgan fingerprint density at radius 2 is 1.79 bits per heavy atom. The summed E-state index contributed by atoms with van der Waals surface area (Å²) in [5.41, 5.74) is 0. The van der Waals surface area contributed by atoms with Gasteiger partial charge in [-0.3, -0.25) is 0 Å². The van der Waals surface area contributed by atoms with Gasteiger partial charge in [0.2, 0.25) is 0 Å². The molecule has 0 heterocycles. The van der Waals surface area contributed by atoms with Crippen LogP contribution in [0.3, 0.4) is 0 Å². The van der Waals surface area contributed by atoms with Crippen molar-refractivity contribution < 1.29 is 19.7 Å². The molecule has 1 atom stereocenters. The third-order valence-corrected chi connectivity index (χ3v) is 1.71. The van der Waals surface area contributed by atoms with Gasteiger partial charge in [0.25, 0.3) is 0 Å². The fraction of sp³-hybridized carbons (Fsp3) is 0.400. The molecule has 1 aromatic rings. The predicted molar refractivity (Wildman–Crippen MR) is 51.6 cm³/mol. The Hall–Kier alpha value is -1.26. The van der Waals surface area contributed by atoms with Crippen LogP contribution in [0.4, 0.5) is 0 Å². The molecule has 0 fully saturated rings. The number of methoxy groups -OCH3 is 1. The third kappa shape index (κ3) is 3.24. The maximum Gasteiger partial charge on any atom is 0.119 e. The van der Waals surface area contributed by atoms with Crippen molar-refractivity contribution >= 4 is 0 Å². The maximum atomic E-state index is 9.02. The molecule has 1 rings (SSSR count). The molecule has 78 valence electrons. The van der Waals surface area contributed by atoms with Gasteiger partial charge in [0.05, 0.1) is 13.7 Å². The quantitative estimate of drug-likeness (QED) is 0.720. The number of hydrogen-bond donors (Lipinski definition) is 2. The lowest BCUT2D eigenvalue weighted by Gasteiger charge is -2.09. The Bertz CT molecular complexity index is 257. The monoisotopic (exact) mass is 198 g/mol. The van der Waals surface area contributed by atoms with Crippen LogP contribution in [0.2, 0.25) is 0 Å². The molecule has 0 bridgehead atoms. The average molecular weight is 198 g/mol. The molecule has 0 radical (unpaired) electrons. The summed E-state index contributed by atoms with van der Waals surface area (Å²) < 4.78 is 10.2. The summed E-state index contributed by atoms with van der Waals surface area (Å²) in [4.78, 5) is 0. The van der Waals surface area contributed by atoms with Crippen molar-refractivity contribution in [1.82, 2.24) is 0 Å². The van der Waals surface area contributed by atoms with E-state index < -0.39 is 6.10 Å². The summed E-state index contributed by atoms with van der Waals surface area (Å²) in [6, 6.07) is 7.01. The number of ether oxygens (including phenoxy) is 2. The van der Waals surface area contributed by atoms with Crippen LogP contribution in [0.1, 0.15) is 0 Å². The van der Waals surface area contributed by atoms with Crippen LogP contribution >= 0.6 is 0 Å². The first-order valence-corrected chi connectivity index (χ1v) is 4.32. The highest BCUT2D eigenvalue weighted by Crippen LogP contribution is 2.16.